The Kier molecular flexibility index (Phi) is 3.70. The van der Waals surface area contributed by atoms with Crippen LogP contribution in [0, 0.1) is 0 Å². The lowest BCUT2D eigenvalue weighted by atomic mass is 10.0. The summed E-state index contributed by atoms with van der Waals surface area (Å²) in [5, 5.41) is 1.31. The summed E-state index contributed by atoms with van der Waals surface area (Å²) < 4.78 is 5.81. The molecule has 1 atom stereocenters. The molecule has 20 heavy (non-hydrogen) atoms. The molecule has 1 fully saturated rings. The van der Waals surface area contributed by atoms with Gasteiger partial charge in [0.25, 0.3) is 0 Å². The number of H-pyrrole nitrogens is 1. The lowest BCUT2D eigenvalue weighted by Gasteiger charge is -2.18. The van der Waals surface area contributed by atoms with Crippen LogP contribution in [0.5, 0.6) is 5.75 Å². The molecule has 1 aliphatic heterocycles. The van der Waals surface area contributed by atoms with Gasteiger partial charge in [-0.1, -0.05) is 0 Å². The molecule has 3 nitrogen and oxygen atoms in total. The number of nitrogens with zero attached hydrogens (tertiary/aromatic N) is 1. The largest absolute Gasteiger partial charge is 0.491 e. The fraction of sp³-hybridized carbons (Fsp3) is 0.529. The van der Waals surface area contributed by atoms with E-state index < -0.39 is 0 Å². The van der Waals surface area contributed by atoms with E-state index >= 15 is 0 Å². The first kappa shape index (κ1) is 13.5. The highest BCUT2D eigenvalue weighted by Crippen LogP contribution is 2.27. The van der Waals surface area contributed by atoms with Crippen molar-refractivity contribution in [3.8, 4) is 5.75 Å². The molecule has 0 spiro atoms. The predicted octanol–water partition coefficient (Wildman–Crippen LogP) is 3.59. The first-order valence-electron chi connectivity index (χ1n) is 7.60. The van der Waals surface area contributed by atoms with E-state index in [2.05, 4.69) is 49.1 Å². The molecular weight excluding hydrogens is 248 g/mol. The van der Waals surface area contributed by atoms with Gasteiger partial charge < -0.3 is 14.6 Å². The van der Waals surface area contributed by atoms with Crippen LogP contribution in [-0.4, -0.2) is 35.6 Å². The number of aromatic nitrogens is 1. The Morgan fingerprint density at radius 2 is 2.25 bits per heavy atom. The Balaban J connectivity index is 1.86. The maximum atomic E-state index is 5.81. The second kappa shape index (κ2) is 5.49. The van der Waals surface area contributed by atoms with E-state index in [-0.39, 0.29) is 6.10 Å². The number of likely N-dealkylation sites (N-methyl/N-ethyl adjacent to an activating group) is 1. The minimum atomic E-state index is 0.218. The van der Waals surface area contributed by atoms with E-state index in [9.17, 15) is 0 Å². The third-order valence-corrected chi connectivity index (χ3v) is 4.24. The van der Waals surface area contributed by atoms with Gasteiger partial charge in [-0.3, -0.25) is 0 Å². The molecule has 0 amide bonds. The third-order valence-electron chi connectivity index (χ3n) is 4.24. The summed E-state index contributed by atoms with van der Waals surface area (Å²) in [6, 6.07) is 7.03. The van der Waals surface area contributed by atoms with Gasteiger partial charge in [0.05, 0.1) is 6.10 Å². The van der Waals surface area contributed by atoms with Crippen LogP contribution < -0.4 is 4.74 Å². The lowest BCUT2D eigenvalue weighted by Crippen LogP contribution is -2.26. The van der Waals surface area contributed by atoms with Crippen molar-refractivity contribution in [3.05, 3.63) is 30.0 Å². The summed E-state index contributed by atoms with van der Waals surface area (Å²) >= 11 is 0. The van der Waals surface area contributed by atoms with Crippen LogP contribution in [0.15, 0.2) is 24.4 Å². The summed E-state index contributed by atoms with van der Waals surface area (Å²) in [5.41, 5.74) is 2.62. The molecule has 1 aromatic heterocycles. The normalized spacial score (nSPS) is 20.1. The maximum Gasteiger partial charge on any atom is 0.120 e. The molecule has 1 saturated heterocycles. The number of hydrogen-bond acceptors (Lipinski definition) is 2. The zero-order valence-electron chi connectivity index (χ0n) is 12.6. The van der Waals surface area contributed by atoms with Gasteiger partial charge >= 0.3 is 0 Å². The van der Waals surface area contributed by atoms with Crippen molar-refractivity contribution in [2.75, 3.05) is 13.6 Å². The zero-order valence-corrected chi connectivity index (χ0v) is 12.6. The second-order valence-electron chi connectivity index (χ2n) is 6.17. The first-order chi connectivity index (χ1) is 9.63. The molecule has 108 valence electrons. The number of aromatic amines is 1. The monoisotopic (exact) mass is 272 g/mol. The number of hydrogen-bond donors (Lipinski definition) is 1. The summed E-state index contributed by atoms with van der Waals surface area (Å²) in [7, 11) is 2.24. The van der Waals surface area contributed by atoms with Crippen LogP contribution in [0.25, 0.3) is 10.9 Å². The Labute approximate surface area is 120 Å². The minimum absolute atomic E-state index is 0.218. The van der Waals surface area contributed by atoms with E-state index in [4.69, 9.17) is 4.74 Å². The van der Waals surface area contributed by atoms with E-state index in [0.29, 0.717) is 6.04 Å². The van der Waals surface area contributed by atoms with Crippen LogP contribution in [0.3, 0.4) is 0 Å². The van der Waals surface area contributed by atoms with Crippen molar-refractivity contribution in [1.82, 2.24) is 9.88 Å². The summed E-state index contributed by atoms with van der Waals surface area (Å²) in [6.45, 7) is 5.36. The molecule has 0 unspecified atom stereocenters. The Hall–Kier alpha value is -1.48. The van der Waals surface area contributed by atoms with Gasteiger partial charge in [0.1, 0.15) is 5.75 Å². The molecule has 1 N–H and O–H groups in total. The standard InChI is InChI=1S/C17H24N2O/c1-12(2)20-15-6-7-17-16(10-15)13(11-18-17)9-14-5-4-8-19(14)3/h6-7,10-12,14,18H,4-5,8-9H2,1-3H3/t14-/m1/s1. The summed E-state index contributed by atoms with van der Waals surface area (Å²) in [6.07, 6.45) is 6.14. The van der Waals surface area contributed by atoms with Gasteiger partial charge in [-0.05, 0) is 70.5 Å². The van der Waals surface area contributed by atoms with Gasteiger partial charge in [-0.15, -0.1) is 0 Å². The van der Waals surface area contributed by atoms with Gasteiger partial charge in [0.2, 0.25) is 0 Å². The highest BCUT2D eigenvalue weighted by Gasteiger charge is 2.22. The van der Waals surface area contributed by atoms with Crippen LogP contribution >= 0.6 is 0 Å². The quantitative estimate of drug-likeness (QED) is 0.921. The van der Waals surface area contributed by atoms with Gasteiger partial charge in [-0.2, -0.15) is 0 Å². The average molecular weight is 272 g/mol. The molecule has 2 heterocycles. The fourth-order valence-corrected chi connectivity index (χ4v) is 3.16. The van der Waals surface area contributed by atoms with Gasteiger partial charge in [0.15, 0.2) is 0 Å². The van der Waals surface area contributed by atoms with E-state index in [1.54, 1.807) is 0 Å². The fourth-order valence-electron chi connectivity index (χ4n) is 3.16. The molecule has 0 bridgehead atoms. The minimum Gasteiger partial charge on any atom is -0.491 e. The van der Waals surface area contributed by atoms with Crippen molar-refractivity contribution < 1.29 is 4.74 Å². The first-order valence-corrected chi connectivity index (χ1v) is 7.60. The highest BCUT2D eigenvalue weighted by molar-refractivity contribution is 5.84. The second-order valence-corrected chi connectivity index (χ2v) is 6.17. The summed E-state index contributed by atoms with van der Waals surface area (Å²) in [5.74, 6) is 0.966. The SMILES string of the molecule is CC(C)Oc1ccc2[nH]cc(C[C@H]3CCCN3C)c2c1. The number of rotatable bonds is 4. The van der Waals surface area contributed by atoms with E-state index in [0.717, 1.165) is 12.2 Å². The smallest absolute Gasteiger partial charge is 0.120 e. The molecule has 0 saturated carbocycles. The Morgan fingerprint density at radius 1 is 1.40 bits per heavy atom. The van der Waals surface area contributed by atoms with Crippen molar-refractivity contribution in [2.24, 2.45) is 0 Å². The highest BCUT2D eigenvalue weighted by atomic mass is 16.5. The molecule has 0 aliphatic carbocycles. The van der Waals surface area contributed by atoms with Crippen molar-refractivity contribution >= 4 is 10.9 Å². The lowest BCUT2D eigenvalue weighted by molar-refractivity contribution is 0.243. The molecule has 0 radical (unpaired) electrons. The zero-order chi connectivity index (χ0) is 14.1. The molecule has 1 aromatic carbocycles. The van der Waals surface area contributed by atoms with Crippen LogP contribution in [0.4, 0.5) is 0 Å². The van der Waals surface area contributed by atoms with E-state index in [1.165, 1.54) is 35.9 Å². The number of nitrogens with one attached hydrogen (secondary N) is 1. The molecule has 3 rings (SSSR count). The third kappa shape index (κ3) is 2.68. The number of likely N-dealkylation sites (tertiary alicyclic amines) is 1. The number of ether oxygens (including phenoxy) is 1. The predicted molar refractivity (Wildman–Crippen MR) is 83.4 cm³/mol. The van der Waals surface area contributed by atoms with Crippen molar-refractivity contribution in [3.63, 3.8) is 0 Å². The molecule has 1 aliphatic rings. The van der Waals surface area contributed by atoms with Crippen molar-refractivity contribution in [2.45, 2.75) is 45.3 Å². The van der Waals surface area contributed by atoms with Crippen LogP contribution in [0.1, 0.15) is 32.3 Å². The number of fused-ring (bicyclic) bond motifs is 1. The van der Waals surface area contributed by atoms with E-state index in [1.807, 2.05) is 6.07 Å². The Morgan fingerprint density at radius 3 is 2.95 bits per heavy atom. The van der Waals surface area contributed by atoms with Crippen molar-refractivity contribution in [1.29, 1.82) is 0 Å². The average Bonchev–Trinajstić information content (AvgIpc) is 2.97. The van der Waals surface area contributed by atoms with Crippen LogP contribution in [-0.2, 0) is 6.42 Å². The number of benzene rings is 1. The molecule has 3 heteroatoms. The van der Waals surface area contributed by atoms with Gasteiger partial charge in [-0.25, -0.2) is 0 Å². The topological polar surface area (TPSA) is 28.3 Å². The van der Waals surface area contributed by atoms with Crippen LogP contribution in [0.2, 0.25) is 0 Å². The summed E-state index contributed by atoms with van der Waals surface area (Å²) in [4.78, 5) is 5.86. The molecule has 2 aromatic rings. The molecular formula is C17H24N2O. The van der Waals surface area contributed by atoms with Gasteiger partial charge in [0, 0.05) is 23.1 Å². The Bertz CT molecular complexity index is 588. The maximum absolute atomic E-state index is 5.81.